The Kier molecular flexibility index (Phi) is 4.91. The van der Waals surface area contributed by atoms with Crippen LogP contribution in [0.5, 0.6) is 11.5 Å². The zero-order chi connectivity index (χ0) is 11.3. The molecule has 0 atom stereocenters. The zero-order valence-electron chi connectivity index (χ0n) is 9.26. The molecule has 0 aliphatic rings. The second-order valence-electron chi connectivity index (χ2n) is 3.14. The van der Waals surface area contributed by atoms with E-state index in [-0.39, 0.29) is 0 Å². The fourth-order valence-electron chi connectivity index (χ4n) is 1.38. The van der Waals surface area contributed by atoms with Crippen molar-refractivity contribution in [1.82, 2.24) is 5.32 Å². The monoisotopic (exact) mass is 273 g/mol. The summed E-state index contributed by atoms with van der Waals surface area (Å²) in [6, 6.07) is 3.85. The summed E-state index contributed by atoms with van der Waals surface area (Å²) in [5.41, 5.74) is 1.16. The number of methoxy groups -OCH3 is 2. The number of hydrogen-bond donors (Lipinski definition) is 1. The second kappa shape index (κ2) is 5.98. The van der Waals surface area contributed by atoms with E-state index in [1.54, 1.807) is 14.2 Å². The summed E-state index contributed by atoms with van der Waals surface area (Å²) < 4.78 is 11.5. The minimum atomic E-state index is 0.798. The van der Waals surface area contributed by atoms with Crippen LogP contribution >= 0.6 is 15.9 Å². The predicted molar refractivity (Wildman–Crippen MR) is 64.9 cm³/mol. The number of hydrogen-bond acceptors (Lipinski definition) is 3. The lowest BCUT2D eigenvalue weighted by Gasteiger charge is -2.12. The summed E-state index contributed by atoms with van der Waals surface area (Å²) in [5, 5.41) is 3.12. The molecule has 0 radical (unpaired) electrons. The highest BCUT2D eigenvalue weighted by atomic mass is 79.9. The average Bonchev–Trinajstić information content (AvgIpc) is 2.26. The molecule has 0 amide bonds. The smallest absolute Gasteiger partial charge is 0.126 e. The van der Waals surface area contributed by atoms with Crippen molar-refractivity contribution >= 4 is 15.9 Å². The van der Waals surface area contributed by atoms with Crippen molar-refractivity contribution in [2.45, 2.75) is 6.42 Å². The molecule has 0 aromatic heterocycles. The van der Waals surface area contributed by atoms with Gasteiger partial charge in [-0.05, 0) is 26.1 Å². The van der Waals surface area contributed by atoms with Gasteiger partial charge < -0.3 is 14.8 Å². The maximum absolute atomic E-state index is 5.33. The molecular weight excluding hydrogens is 258 g/mol. The van der Waals surface area contributed by atoms with Gasteiger partial charge in [0.1, 0.15) is 11.5 Å². The Hall–Kier alpha value is -0.740. The summed E-state index contributed by atoms with van der Waals surface area (Å²) in [4.78, 5) is 0. The van der Waals surface area contributed by atoms with E-state index in [9.17, 15) is 0 Å². The Morgan fingerprint density at radius 3 is 2.53 bits per heavy atom. The third-order valence-electron chi connectivity index (χ3n) is 2.21. The fourth-order valence-corrected chi connectivity index (χ4v) is 2.00. The number of rotatable bonds is 5. The number of ether oxygens (including phenoxy) is 2. The average molecular weight is 274 g/mol. The number of halogens is 1. The van der Waals surface area contributed by atoms with Gasteiger partial charge in [0.25, 0.3) is 0 Å². The minimum absolute atomic E-state index is 0.798. The van der Waals surface area contributed by atoms with Crippen LogP contribution in [0.25, 0.3) is 0 Å². The largest absolute Gasteiger partial charge is 0.497 e. The highest BCUT2D eigenvalue weighted by molar-refractivity contribution is 9.10. The zero-order valence-corrected chi connectivity index (χ0v) is 10.8. The van der Waals surface area contributed by atoms with E-state index in [1.165, 1.54) is 0 Å². The Bertz CT molecular complexity index is 329. The molecule has 0 unspecified atom stereocenters. The maximum Gasteiger partial charge on any atom is 0.126 e. The van der Waals surface area contributed by atoms with Gasteiger partial charge in [0.05, 0.1) is 14.2 Å². The van der Waals surface area contributed by atoms with Gasteiger partial charge >= 0.3 is 0 Å². The molecule has 0 spiro atoms. The normalized spacial score (nSPS) is 10.1. The van der Waals surface area contributed by atoms with Crippen LogP contribution in [0, 0.1) is 0 Å². The Labute approximate surface area is 98.9 Å². The fraction of sp³-hybridized carbons (Fsp3) is 0.455. The van der Waals surface area contributed by atoms with E-state index < -0.39 is 0 Å². The lowest BCUT2D eigenvalue weighted by atomic mass is 10.1. The first-order chi connectivity index (χ1) is 7.22. The maximum atomic E-state index is 5.33. The van der Waals surface area contributed by atoms with Crippen LogP contribution < -0.4 is 14.8 Å². The van der Waals surface area contributed by atoms with Crippen LogP contribution in [0.4, 0.5) is 0 Å². The van der Waals surface area contributed by atoms with Crippen LogP contribution in [0.3, 0.4) is 0 Å². The molecule has 1 aromatic rings. The summed E-state index contributed by atoms with van der Waals surface area (Å²) in [6.45, 7) is 0.918. The van der Waals surface area contributed by atoms with Gasteiger partial charge in [-0.3, -0.25) is 0 Å². The molecule has 0 aliphatic carbocycles. The number of benzene rings is 1. The molecule has 0 bridgehead atoms. The molecule has 1 rings (SSSR count). The molecule has 4 heteroatoms. The molecule has 0 saturated carbocycles. The molecule has 1 aromatic carbocycles. The lowest BCUT2D eigenvalue weighted by Crippen LogP contribution is -2.11. The topological polar surface area (TPSA) is 30.5 Å². The third kappa shape index (κ3) is 3.11. The lowest BCUT2D eigenvalue weighted by molar-refractivity contribution is 0.390. The Morgan fingerprint density at radius 1 is 1.27 bits per heavy atom. The Balaban J connectivity index is 3.01. The van der Waals surface area contributed by atoms with Crippen molar-refractivity contribution in [3.8, 4) is 11.5 Å². The first kappa shape index (κ1) is 12.3. The SMILES string of the molecule is CNCCc1c(Br)cc(OC)cc1OC. The van der Waals surface area contributed by atoms with Crippen molar-refractivity contribution in [1.29, 1.82) is 0 Å². The van der Waals surface area contributed by atoms with Crippen molar-refractivity contribution in [2.75, 3.05) is 27.8 Å². The molecular formula is C11H16BrNO2. The van der Waals surface area contributed by atoms with Crippen LogP contribution in [-0.2, 0) is 6.42 Å². The van der Waals surface area contributed by atoms with Gasteiger partial charge in [-0.1, -0.05) is 15.9 Å². The van der Waals surface area contributed by atoms with Crippen LogP contribution in [0.1, 0.15) is 5.56 Å². The van der Waals surface area contributed by atoms with Crippen molar-refractivity contribution < 1.29 is 9.47 Å². The van der Waals surface area contributed by atoms with Gasteiger partial charge in [0, 0.05) is 16.1 Å². The van der Waals surface area contributed by atoms with E-state index in [0.717, 1.165) is 34.5 Å². The van der Waals surface area contributed by atoms with E-state index in [2.05, 4.69) is 21.2 Å². The van der Waals surface area contributed by atoms with Crippen molar-refractivity contribution in [2.24, 2.45) is 0 Å². The first-order valence-corrected chi connectivity index (χ1v) is 5.57. The van der Waals surface area contributed by atoms with Crippen LogP contribution in [0.15, 0.2) is 16.6 Å². The third-order valence-corrected chi connectivity index (χ3v) is 2.92. The van der Waals surface area contributed by atoms with E-state index in [4.69, 9.17) is 9.47 Å². The summed E-state index contributed by atoms with van der Waals surface area (Å²) in [5.74, 6) is 1.66. The van der Waals surface area contributed by atoms with Gasteiger partial charge in [-0.2, -0.15) is 0 Å². The quantitative estimate of drug-likeness (QED) is 0.893. The predicted octanol–water partition coefficient (Wildman–Crippen LogP) is 2.23. The van der Waals surface area contributed by atoms with Crippen molar-refractivity contribution in [3.63, 3.8) is 0 Å². The molecule has 84 valence electrons. The van der Waals surface area contributed by atoms with E-state index >= 15 is 0 Å². The molecule has 15 heavy (non-hydrogen) atoms. The standard InChI is InChI=1S/C11H16BrNO2/c1-13-5-4-9-10(12)6-8(14-2)7-11(9)15-3/h6-7,13H,4-5H2,1-3H3. The Morgan fingerprint density at radius 2 is 2.00 bits per heavy atom. The van der Waals surface area contributed by atoms with Gasteiger partial charge in [-0.25, -0.2) is 0 Å². The molecule has 0 saturated heterocycles. The summed E-state index contributed by atoms with van der Waals surface area (Å²) >= 11 is 3.52. The van der Waals surface area contributed by atoms with E-state index in [0.29, 0.717) is 0 Å². The highest BCUT2D eigenvalue weighted by Gasteiger charge is 2.09. The van der Waals surface area contributed by atoms with E-state index in [1.807, 2.05) is 19.2 Å². The summed E-state index contributed by atoms with van der Waals surface area (Å²) in [6.07, 6.45) is 0.921. The summed E-state index contributed by atoms with van der Waals surface area (Å²) in [7, 11) is 5.25. The second-order valence-corrected chi connectivity index (χ2v) is 4.00. The molecule has 1 N–H and O–H groups in total. The van der Waals surface area contributed by atoms with Gasteiger partial charge in [-0.15, -0.1) is 0 Å². The van der Waals surface area contributed by atoms with Crippen LogP contribution in [0.2, 0.25) is 0 Å². The van der Waals surface area contributed by atoms with Crippen LogP contribution in [-0.4, -0.2) is 27.8 Å². The van der Waals surface area contributed by atoms with Gasteiger partial charge in [0.15, 0.2) is 0 Å². The first-order valence-electron chi connectivity index (χ1n) is 4.78. The minimum Gasteiger partial charge on any atom is -0.497 e. The number of likely N-dealkylation sites (N-methyl/N-ethyl adjacent to an activating group) is 1. The molecule has 0 aliphatic heterocycles. The molecule has 3 nitrogen and oxygen atoms in total. The van der Waals surface area contributed by atoms with Crippen molar-refractivity contribution in [3.05, 3.63) is 22.2 Å². The number of nitrogens with one attached hydrogen (secondary N) is 1. The van der Waals surface area contributed by atoms with Gasteiger partial charge in [0.2, 0.25) is 0 Å². The highest BCUT2D eigenvalue weighted by Crippen LogP contribution is 2.32. The molecule has 0 heterocycles. The molecule has 0 fully saturated rings.